The molecule has 0 aliphatic heterocycles. The summed E-state index contributed by atoms with van der Waals surface area (Å²) in [6.07, 6.45) is 1.76. The largest absolute Gasteiger partial charge is 0.493 e. The number of nitriles is 1. The number of benzene rings is 3. The Morgan fingerprint density at radius 1 is 1.00 bits per heavy atom. The molecule has 0 N–H and O–H groups in total. The van der Waals surface area contributed by atoms with E-state index < -0.39 is 5.97 Å². The van der Waals surface area contributed by atoms with Gasteiger partial charge in [-0.05, 0) is 52.9 Å². The third-order valence-corrected chi connectivity index (χ3v) is 4.83. The first-order valence-corrected chi connectivity index (χ1v) is 10.3. The monoisotopic (exact) mass is 427 g/mol. The second-order valence-corrected chi connectivity index (χ2v) is 7.43. The molecule has 0 radical (unpaired) electrons. The maximum Gasteiger partial charge on any atom is 0.349 e. The maximum absolute atomic E-state index is 12.3. The Morgan fingerprint density at radius 3 is 2.34 bits per heavy atom. The van der Waals surface area contributed by atoms with E-state index in [1.807, 2.05) is 54.6 Å². The van der Waals surface area contributed by atoms with Crippen LogP contribution in [0.15, 0.2) is 72.8 Å². The Morgan fingerprint density at radius 2 is 1.72 bits per heavy atom. The van der Waals surface area contributed by atoms with Gasteiger partial charge in [0.1, 0.15) is 5.75 Å². The summed E-state index contributed by atoms with van der Waals surface area (Å²) in [4.78, 5) is 12.3. The molecule has 0 aliphatic rings. The van der Waals surface area contributed by atoms with Crippen LogP contribution in [0, 0.1) is 11.3 Å². The van der Waals surface area contributed by atoms with Gasteiger partial charge < -0.3 is 14.2 Å². The zero-order valence-electron chi connectivity index (χ0n) is 18.4. The van der Waals surface area contributed by atoms with Crippen molar-refractivity contribution >= 4 is 17.6 Å². The second kappa shape index (κ2) is 10.8. The normalized spacial score (nSPS) is 11.0. The molecular formula is C27H25NO4. The van der Waals surface area contributed by atoms with Crippen molar-refractivity contribution < 1.29 is 19.0 Å². The van der Waals surface area contributed by atoms with Gasteiger partial charge in [0.2, 0.25) is 0 Å². The van der Waals surface area contributed by atoms with Gasteiger partial charge in [-0.3, -0.25) is 0 Å². The first-order chi connectivity index (χ1) is 15.5. The molecule has 0 aromatic heterocycles. The Bertz CT molecular complexity index is 1130. The molecule has 0 fully saturated rings. The van der Waals surface area contributed by atoms with Gasteiger partial charge in [-0.1, -0.05) is 62.4 Å². The number of methoxy groups -OCH3 is 1. The highest BCUT2D eigenvalue weighted by molar-refractivity contribution is 5.89. The number of ether oxygens (including phenoxy) is 3. The zero-order valence-corrected chi connectivity index (χ0v) is 18.4. The van der Waals surface area contributed by atoms with E-state index in [9.17, 15) is 10.1 Å². The van der Waals surface area contributed by atoms with Crippen LogP contribution in [0.5, 0.6) is 17.2 Å². The molecule has 0 spiro atoms. The van der Waals surface area contributed by atoms with Crippen LogP contribution in [0.2, 0.25) is 0 Å². The fraction of sp³-hybridized carbons (Fsp3) is 0.185. The number of hydrogen-bond acceptors (Lipinski definition) is 5. The molecule has 5 nitrogen and oxygen atoms in total. The molecule has 5 heteroatoms. The van der Waals surface area contributed by atoms with Gasteiger partial charge in [-0.15, -0.1) is 0 Å². The maximum atomic E-state index is 12.3. The van der Waals surface area contributed by atoms with E-state index in [-0.39, 0.29) is 12.4 Å². The number of nitrogens with zero attached hydrogens (tertiary/aromatic N) is 1. The minimum Gasteiger partial charge on any atom is -0.493 e. The van der Waals surface area contributed by atoms with E-state index in [2.05, 4.69) is 19.9 Å². The predicted octanol–water partition coefficient (Wildman–Crippen LogP) is 5.87. The number of allylic oxidation sites excluding steroid dienone is 1. The van der Waals surface area contributed by atoms with Crippen LogP contribution >= 0.6 is 0 Å². The minimum atomic E-state index is -0.540. The third-order valence-electron chi connectivity index (χ3n) is 4.83. The summed E-state index contributed by atoms with van der Waals surface area (Å²) in [6.45, 7) is 4.01. The van der Waals surface area contributed by atoms with Crippen LogP contribution in [0.25, 0.3) is 11.6 Å². The quantitative estimate of drug-likeness (QED) is 0.195. The van der Waals surface area contributed by atoms with Crippen molar-refractivity contribution in [2.45, 2.75) is 19.8 Å². The molecule has 3 rings (SSSR count). The number of hydrogen-bond donors (Lipinski definition) is 0. The average Bonchev–Trinajstić information content (AvgIpc) is 2.82. The van der Waals surface area contributed by atoms with Crippen molar-refractivity contribution in [3.05, 3.63) is 89.5 Å². The standard InChI is InChI=1S/C27H25NO4/c1-19(2)21-10-12-24(13-11-21)31-18-27(29)32-25-14-9-20(16-26(25)30-3)15-23(17-28)22-7-5-4-6-8-22/h4-16,19H,18H2,1-3H3. The molecule has 0 saturated heterocycles. The Hall–Kier alpha value is -4.04. The molecule has 0 bridgehead atoms. The highest BCUT2D eigenvalue weighted by Crippen LogP contribution is 2.30. The average molecular weight is 428 g/mol. The number of carbonyl (C=O) groups excluding carboxylic acids is 1. The van der Waals surface area contributed by atoms with Gasteiger partial charge in [-0.25, -0.2) is 4.79 Å². The SMILES string of the molecule is COc1cc(C=C(C#N)c2ccccc2)ccc1OC(=O)COc1ccc(C(C)C)cc1. The van der Waals surface area contributed by atoms with Crippen molar-refractivity contribution in [1.29, 1.82) is 5.26 Å². The van der Waals surface area contributed by atoms with Gasteiger partial charge in [0.25, 0.3) is 0 Å². The number of esters is 1. The molecule has 0 saturated carbocycles. The second-order valence-electron chi connectivity index (χ2n) is 7.43. The van der Waals surface area contributed by atoms with Crippen LogP contribution in [0.4, 0.5) is 0 Å². The van der Waals surface area contributed by atoms with Crippen molar-refractivity contribution in [3.8, 4) is 23.3 Å². The fourth-order valence-electron chi connectivity index (χ4n) is 3.07. The van der Waals surface area contributed by atoms with Gasteiger partial charge in [0, 0.05) is 0 Å². The number of rotatable bonds is 8. The molecule has 0 aliphatic carbocycles. The lowest BCUT2D eigenvalue weighted by Gasteiger charge is -2.11. The summed E-state index contributed by atoms with van der Waals surface area (Å²) >= 11 is 0. The van der Waals surface area contributed by atoms with Gasteiger partial charge in [0.05, 0.1) is 18.8 Å². The van der Waals surface area contributed by atoms with E-state index in [4.69, 9.17) is 14.2 Å². The molecule has 0 atom stereocenters. The highest BCUT2D eigenvalue weighted by atomic mass is 16.6. The van der Waals surface area contributed by atoms with E-state index in [1.54, 1.807) is 24.3 Å². The van der Waals surface area contributed by atoms with Gasteiger partial charge >= 0.3 is 5.97 Å². The van der Waals surface area contributed by atoms with Crippen molar-refractivity contribution in [1.82, 2.24) is 0 Å². The van der Waals surface area contributed by atoms with Crippen molar-refractivity contribution in [2.24, 2.45) is 0 Å². The van der Waals surface area contributed by atoms with Gasteiger partial charge in [0.15, 0.2) is 18.1 Å². The van der Waals surface area contributed by atoms with Gasteiger partial charge in [-0.2, -0.15) is 5.26 Å². The Balaban J connectivity index is 1.67. The summed E-state index contributed by atoms with van der Waals surface area (Å²) in [5.41, 5.74) is 3.30. The smallest absolute Gasteiger partial charge is 0.349 e. The summed E-state index contributed by atoms with van der Waals surface area (Å²) in [7, 11) is 1.50. The minimum absolute atomic E-state index is 0.224. The fourth-order valence-corrected chi connectivity index (χ4v) is 3.07. The molecule has 0 unspecified atom stereocenters. The van der Waals surface area contributed by atoms with Crippen LogP contribution in [-0.4, -0.2) is 19.7 Å². The van der Waals surface area contributed by atoms with E-state index in [1.165, 1.54) is 12.7 Å². The zero-order chi connectivity index (χ0) is 22.9. The van der Waals surface area contributed by atoms with Crippen LogP contribution in [0.3, 0.4) is 0 Å². The molecule has 0 amide bonds. The summed E-state index contributed by atoms with van der Waals surface area (Å²) in [5.74, 6) is 1.16. The number of carbonyl (C=O) groups is 1. The van der Waals surface area contributed by atoms with E-state index in [0.29, 0.717) is 23.0 Å². The summed E-state index contributed by atoms with van der Waals surface area (Å²) < 4.78 is 16.3. The van der Waals surface area contributed by atoms with Crippen LogP contribution in [0.1, 0.15) is 36.5 Å². The molecule has 3 aromatic carbocycles. The van der Waals surface area contributed by atoms with Crippen LogP contribution < -0.4 is 14.2 Å². The predicted molar refractivity (Wildman–Crippen MR) is 125 cm³/mol. The molecule has 0 heterocycles. The Kier molecular flexibility index (Phi) is 7.66. The van der Waals surface area contributed by atoms with Crippen molar-refractivity contribution in [3.63, 3.8) is 0 Å². The molecule has 162 valence electrons. The van der Waals surface area contributed by atoms with E-state index >= 15 is 0 Å². The summed E-state index contributed by atoms with van der Waals surface area (Å²) in [5, 5.41) is 9.50. The lowest BCUT2D eigenvalue weighted by atomic mass is 10.0. The van der Waals surface area contributed by atoms with Crippen molar-refractivity contribution in [2.75, 3.05) is 13.7 Å². The molecule has 3 aromatic rings. The third kappa shape index (κ3) is 5.99. The summed E-state index contributed by atoms with van der Waals surface area (Å²) in [6, 6.07) is 24.4. The first-order valence-electron chi connectivity index (χ1n) is 10.3. The lowest BCUT2D eigenvalue weighted by molar-refractivity contribution is -0.136. The molecular weight excluding hydrogens is 402 g/mol. The first kappa shape index (κ1) is 22.6. The highest BCUT2D eigenvalue weighted by Gasteiger charge is 2.12. The van der Waals surface area contributed by atoms with E-state index in [0.717, 1.165) is 11.1 Å². The topological polar surface area (TPSA) is 68.5 Å². The molecule has 32 heavy (non-hydrogen) atoms. The lowest BCUT2D eigenvalue weighted by Crippen LogP contribution is -2.18. The van der Waals surface area contributed by atoms with Crippen LogP contribution in [-0.2, 0) is 4.79 Å². The Labute approximate surface area is 188 Å².